The van der Waals surface area contributed by atoms with Crippen LogP contribution in [0.25, 0.3) is 10.8 Å². The van der Waals surface area contributed by atoms with Crippen LogP contribution < -0.4 is 5.32 Å². The van der Waals surface area contributed by atoms with E-state index in [1.54, 1.807) is 13.0 Å². The van der Waals surface area contributed by atoms with Crippen LogP contribution >= 0.6 is 11.6 Å². The Morgan fingerprint density at radius 1 is 0.946 bits per heavy atom. The summed E-state index contributed by atoms with van der Waals surface area (Å²) in [4.78, 5) is 41.8. The molecule has 3 aromatic rings. The average Bonchev–Trinajstić information content (AvgIpc) is 3.12. The second-order valence-corrected chi connectivity index (χ2v) is 11.6. The van der Waals surface area contributed by atoms with Gasteiger partial charge < -0.3 is 10.2 Å². The van der Waals surface area contributed by atoms with Crippen LogP contribution in [0.3, 0.4) is 0 Å². The van der Waals surface area contributed by atoms with Crippen molar-refractivity contribution in [1.82, 2.24) is 19.4 Å². The van der Waals surface area contributed by atoms with E-state index < -0.39 is 40.0 Å². The number of halogens is 1. The highest BCUT2D eigenvalue weighted by Crippen LogP contribution is 2.34. The zero-order valence-corrected chi connectivity index (χ0v) is 21.6. The first-order valence-electron chi connectivity index (χ1n) is 11.8. The standard InChI is InChI=1S/C26H25ClN4O5S/c1-26(22-8-4-6-18-5-2-3-7-21(18)22)24(33)31(25(34)28-26)17-23(32)29-13-15-30(16-14-29)37(35,36)20-11-9-19(27)10-12-20/h2-12H,13-17H2,1H3,(H,28,34)/t26-/m0/s1. The van der Waals surface area contributed by atoms with Gasteiger partial charge in [0.05, 0.1) is 4.90 Å². The van der Waals surface area contributed by atoms with Crippen molar-refractivity contribution in [3.8, 4) is 0 Å². The molecule has 192 valence electrons. The maximum Gasteiger partial charge on any atom is 0.325 e. The van der Waals surface area contributed by atoms with Crippen molar-refractivity contribution in [3.05, 3.63) is 77.3 Å². The molecule has 0 spiro atoms. The number of benzene rings is 3. The van der Waals surface area contributed by atoms with Crippen LogP contribution in [0, 0.1) is 0 Å². The monoisotopic (exact) mass is 540 g/mol. The highest BCUT2D eigenvalue weighted by Gasteiger charge is 2.50. The van der Waals surface area contributed by atoms with Crippen molar-refractivity contribution in [1.29, 1.82) is 0 Å². The largest absolute Gasteiger partial charge is 0.338 e. The molecule has 5 rings (SSSR count). The molecule has 2 saturated heterocycles. The lowest BCUT2D eigenvalue weighted by molar-refractivity contribution is -0.139. The first kappa shape index (κ1) is 25.2. The van der Waals surface area contributed by atoms with E-state index in [1.165, 1.54) is 33.5 Å². The number of carbonyl (C=O) groups excluding carboxylic acids is 3. The number of sulfonamides is 1. The highest BCUT2D eigenvalue weighted by atomic mass is 35.5. The number of hydrogen-bond acceptors (Lipinski definition) is 5. The van der Waals surface area contributed by atoms with Crippen molar-refractivity contribution < 1.29 is 22.8 Å². The van der Waals surface area contributed by atoms with Gasteiger partial charge in [-0.05, 0) is 47.5 Å². The molecule has 2 aliphatic heterocycles. The summed E-state index contributed by atoms with van der Waals surface area (Å²) >= 11 is 5.86. The number of piperazine rings is 1. The van der Waals surface area contributed by atoms with Crippen LogP contribution in [0.1, 0.15) is 12.5 Å². The molecular formula is C26H25ClN4O5S. The Morgan fingerprint density at radius 2 is 1.59 bits per heavy atom. The number of rotatable bonds is 5. The number of hydrogen-bond donors (Lipinski definition) is 1. The Labute approximate surface area is 219 Å². The smallest absolute Gasteiger partial charge is 0.325 e. The Bertz CT molecular complexity index is 1500. The molecule has 3 aromatic carbocycles. The molecule has 0 aliphatic carbocycles. The van der Waals surface area contributed by atoms with E-state index in [1.807, 2.05) is 36.4 Å². The summed E-state index contributed by atoms with van der Waals surface area (Å²) in [6, 6.07) is 18.4. The predicted molar refractivity (Wildman–Crippen MR) is 138 cm³/mol. The molecule has 2 heterocycles. The highest BCUT2D eigenvalue weighted by molar-refractivity contribution is 7.89. The van der Waals surface area contributed by atoms with Gasteiger partial charge in [-0.3, -0.25) is 14.5 Å². The van der Waals surface area contributed by atoms with Crippen LogP contribution in [-0.2, 0) is 25.2 Å². The zero-order chi connectivity index (χ0) is 26.4. The van der Waals surface area contributed by atoms with Gasteiger partial charge in [-0.25, -0.2) is 13.2 Å². The van der Waals surface area contributed by atoms with E-state index >= 15 is 0 Å². The third-order valence-corrected chi connectivity index (χ3v) is 9.10. The van der Waals surface area contributed by atoms with E-state index in [0.717, 1.165) is 15.7 Å². The number of amides is 4. The van der Waals surface area contributed by atoms with E-state index in [4.69, 9.17) is 11.6 Å². The van der Waals surface area contributed by atoms with E-state index in [9.17, 15) is 22.8 Å². The van der Waals surface area contributed by atoms with Crippen molar-refractivity contribution in [3.63, 3.8) is 0 Å². The Balaban J connectivity index is 1.27. The van der Waals surface area contributed by atoms with Crippen LogP contribution in [-0.4, -0.2) is 73.1 Å². The fourth-order valence-electron chi connectivity index (χ4n) is 4.85. The molecule has 2 aliphatic rings. The van der Waals surface area contributed by atoms with Gasteiger partial charge in [-0.2, -0.15) is 4.31 Å². The zero-order valence-electron chi connectivity index (χ0n) is 20.1. The van der Waals surface area contributed by atoms with Gasteiger partial charge in [0.1, 0.15) is 12.1 Å². The fraction of sp³-hybridized carbons (Fsp3) is 0.269. The summed E-state index contributed by atoms with van der Waals surface area (Å²) in [6.07, 6.45) is 0. The second-order valence-electron chi connectivity index (χ2n) is 9.21. The van der Waals surface area contributed by atoms with Crippen LogP contribution in [0.15, 0.2) is 71.6 Å². The third-order valence-electron chi connectivity index (χ3n) is 6.94. The summed E-state index contributed by atoms with van der Waals surface area (Å²) in [7, 11) is -3.72. The van der Waals surface area contributed by atoms with Gasteiger partial charge in [0.2, 0.25) is 15.9 Å². The van der Waals surface area contributed by atoms with Crippen LogP contribution in [0.5, 0.6) is 0 Å². The van der Waals surface area contributed by atoms with E-state index in [0.29, 0.717) is 10.6 Å². The topological polar surface area (TPSA) is 107 Å². The quantitative estimate of drug-likeness (QED) is 0.501. The van der Waals surface area contributed by atoms with Gasteiger partial charge in [-0.15, -0.1) is 0 Å². The summed E-state index contributed by atoms with van der Waals surface area (Å²) < 4.78 is 27.1. The molecule has 9 nitrogen and oxygen atoms in total. The second kappa shape index (κ2) is 9.44. The predicted octanol–water partition coefficient (Wildman–Crippen LogP) is 2.79. The number of carbonyl (C=O) groups is 3. The minimum atomic E-state index is -3.72. The van der Waals surface area contributed by atoms with Gasteiger partial charge >= 0.3 is 6.03 Å². The minimum Gasteiger partial charge on any atom is -0.338 e. The summed E-state index contributed by atoms with van der Waals surface area (Å²) in [5.74, 6) is -0.930. The maximum absolute atomic E-state index is 13.4. The Hall–Kier alpha value is -3.47. The Morgan fingerprint density at radius 3 is 2.30 bits per heavy atom. The molecule has 0 aromatic heterocycles. The maximum atomic E-state index is 13.4. The molecule has 0 radical (unpaired) electrons. The molecule has 2 fully saturated rings. The number of nitrogens with zero attached hydrogens (tertiary/aromatic N) is 3. The van der Waals surface area contributed by atoms with Crippen molar-refractivity contribution in [2.45, 2.75) is 17.4 Å². The van der Waals surface area contributed by atoms with Gasteiger partial charge in [0.15, 0.2) is 0 Å². The summed E-state index contributed by atoms with van der Waals surface area (Å²) in [5, 5.41) is 4.98. The molecule has 0 unspecified atom stereocenters. The van der Waals surface area contributed by atoms with Crippen molar-refractivity contribution in [2.75, 3.05) is 32.7 Å². The molecule has 0 saturated carbocycles. The van der Waals surface area contributed by atoms with Gasteiger partial charge in [0, 0.05) is 31.2 Å². The summed E-state index contributed by atoms with van der Waals surface area (Å²) in [6.45, 7) is 1.72. The van der Waals surface area contributed by atoms with E-state index in [-0.39, 0.29) is 31.1 Å². The molecule has 11 heteroatoms. The molecule has 0 bridgehead atoms. The molecule has 37 heavy (non-hydrogen) atoms. The molecular weight excluding hydrogens is 516 g/mol. The molecule has 4 amide bonds. The normalized spacial score (nSPS) is 20.9. The van der Waals surface area contributed by atoms with Gasteiger partial charge in [-0.1, -0.05) is 54.1 Å². The Kier molecular flexibility index (Phi) is 6.43. The van der Waals surface area contributed by atoms with Crippen LogP contribution in [0.2, 0.25) is 5.02 Å². The number of imide groups is 1. The lowest BCUT2D eigenvalue weighted by atomic mass is 9.88. The lowest BCUT2D eigenvalue weighted by Crippen LogP contribution is -2.53. The number of urea groups is 1. The molecule has 1 N–H and O–H groups in total. The third kappa shape index (κ3) is 4.45. The first-order valence-corrected chi connectivity index (χ1v) is 13.6. The van der Waals surface area contributed by atoms with Gasteiger partial charge in [0.25, 0.3) is 5.91 Å². The minimum absolute atomic E-state index is 0.102. The first-order chi connectivity index (χ1) is 17.6. The van der Waals surface area contributed by atoms with Crippen LogP contribution in [0.4, 0.5) is 4.79 Å². The summed E-state index contributed by atoms with van der Waals surface area (Å²) in [5.41, 5.74) is -0.663. The molecule has 1 atom stereocenters. The number of fused-ring (bicyclic) bond motifs is 1. The lowest BCUT2D eigenvalue weighted by Gasteiger charge is -2.34. The van der Waals surface area contributed by atoms with E-state index in [2.05, 4.69) is 5.32 Å². The fourth-order valence-corrected chi connectivity index (χ4v) is 6.40. The van der Waals surface area contributed by atoms with Crippen molar-refractivity contribution >= 4 is 50.2 Å². The number of nitrogens with one attached hydrogen (secondary N) is 1. The SMILES string of the molecule is C[C@@]1(c2cccc3ccccc23)NC(=O)N(CC(=O)N2CCN(S(=O)(=O)c3ccc(Cl)cc3)CC2)C1=O. The van der Waals surface area contributed by atoms with Crippen molar-refractivity contribution in [2.24, 2.45) is 0 Å². The average molecular weight is 541 g/mol.